The number of hydrogen-bond acceptors (Lipinski definition) is 4. The standard InChI is InChI=1S/C12H21ClN2OS/c1-12(2,3)9-15(5-4-6-16)8-10-7-14-11(13)17-10/h7,16H,4-6,8-9H2,1-3H3. The highest BCUT2D eigenvalue weighted by atomic mass is 35.5. The Morgan fingerprint density at radius 1 is 1.47 bits per heavy atom. The van der Waals surface area contributed by atoms with E-state index in [4.69, 9.17) is 16.7 Å². The molecule has 0 aliphatic heterocycles. The van der Waals surface area contributed by atoms with Gasteiger partial charge in [0.1, 0.15) is 0 Å². The Morgan fingerprint density at radius 3 is 2.65 bits per heavy atom. The van der Waals surface area contributed by atoms with Gasteiger partial charge in [0.15, 0.2) is 4.47 Å². The summed E-state index contributed by atoms with van der Waals surface area (Å²) >= 11 is 7.36. The lowest BCUT2D eigenvalue weighted by molar-refractivity contribution is 0.167. The number of nitrogens with zero attached hydrogens (tertiary/aromatic N) is 2. The van der Waals surface area contributed by atoms with Gasteiger partial charge in [0.05, 0.1) is 0 Å². The predicted molar refractivity (Wildman–Crippen MR) is 73.6 cm³/mol. The Morgan fingerprint density at radius 2 is 2.18 bits per heavy atom. The number of aliphatic hydroxyl groups excluding tert-OH is 1. The lowest BCUT2D eigenvalue weighted by Crippen LogP contribution is -2.33. The molecule has 0 saturated carbocycles. The van der Waals surface area contributed by atoms with E-state index in [0.29, 0.717) is 4.47 Å². The first kappa shape index (κ1) is 14.9. The molecule has 1 N–H and O–H groups in total. The van der Waals surface area contributed by atoms with Crippen molar-refractivity contribution in [3.8, 4) is 0 Å². The van der Waals surface area contributed by atoms with Crippen molar-refractivity contribution in [3.63, 3.8) is 0 Å². The number of hydrogen-bond donors (Lipinski definition) is 1. The SMILES string of the molecule is CC(C)(C)CN(CCCO)Cc1cnc(Cl)s1. The molecule has 0 radical (unpaired) electrons. The summed E-state index contributed by atoms with van der Waals surface area (Å²) < 4.78 is 0.595. The van der Waals surface area contributed by atoms with Crippen LogP contribution < -0.4 is 0 Å². The highest BCUT2D eigenvalue weighted by molar-refractivity contribution is 7.15. The van der Waals surface area contributed by atoms with E-state index in [2.05, 4.69) is 30.7 Å². The molecule has 3 nitrogen and oxygen atoms in total. The molecule has 98 valence electrons. The van der Waals surface area contributed by atoms with Crippen molar-refractivity contribution in [2.75, 3.05) is 19.7 Å². The minimum Gasteiger partial charge on any atom is -0.396 e. The fourth-order valence-electron chi connectivity index (χ4n) is 1.76. The maximum absolute atomic E-state index is 8.93. The van der Waals surface area contributed by atoms with Crippen LogP contribution >= 0.6 is 22.9 Å². The zero-order chi connectivity index (χ0) is 12.9. The van der Waals surface area contributed by atoms with E-state index in [1.807, 2.05) is 6.20 Å². The normalized spacial score (nSPS) is 12.4. The maximum Gasteiger partial charge on any atom is 0.183 e. The molecular weight excluding hydrogens is 256 g/mol. The second kappa shape index (κ2) is 6.69. The van der Waals surface area contributed by atoms with Gasteiger partial charge in [0, 0.05) is 37.3 Å². The van der Waals surface area contributed by atoms with Gasteiger partial charge in [-0.05, 0) is 11.8 Å². The highest BCUT2D eigenvalue weighted by Crippen LogP contribution is 2.22. The Kier molecular flexibility index (Phi) is 5.86. The Hall–Kier alpha value is -0.160. The fourth-order valence-corrected chi connectivity index (χ4v) is 2.78. The lowest BCUT2D eigenvalue weighted by Gasteiger charge is -2.29. The molecule has 1 aromatic rings. The zero-order valence-corrected chi connectivity index (χ0v) is 12.3. The minimum atomic E-state index is 0.240. The number of thiazole rings is 1. The van der Waals surface area contributed by atoms with Gasteiger partial charge in [-0.1, -0.05) is 32.4 Å². The molecule has 5 heteroatoms. The van der Waals surface area contributed by atoms with E-state index in [1.165, 1.54) is 16.2 Å². The first-order valence-electron chi connectivity index (χ1n) is 5.84. The van der Waals surface area contributed by atoms with Gasteiger partial charge in [-0.15, -0.1) is 11.3 Å². The van der Waals surface area contributed by atoms with Crippen LogP contribution in [0.1, 0.15) is 32.1 Å². The summed E-state index contributed by atoms with van der Waals surface area (Å²) in [6.45, 7) is 9.67. The molecule has 0 aliphatic carbocycles. The van der Waals surface area contributed by atoms with Crippen LogP contribution in [0.2, 0.25) is 4.47 Å². The lowest BCUT2D eigenvalue weighted by atomic mass is 9.96. The molecule has 0 saturated heterocycles. The summed E-state index contributed by atoms with van der Waals surface area (Å²) in [6.07, 6.45) is 2.64. The molecule has 1 aromatic heterocycles. The van der Waals surface area contributed by atoms with Gasteiger partial charge in [0.2, 0.25) is 0 Å². The molecule has 0 aliphatic rings. The van der Waals surface area contributed by atoms with Gasteiger partial charge in [-0.3, -0.25) is 4.90 Å². The molecule has 1 heterocycles. The van der Waals surface area contributed by atoms with Crippen LogP contribution in [0.5, 0.6) is 0 Å². The Bertz CT molecular complexity index is 335. The minimum absolute atomic E-state index is 0.240. The molecule has 1 rings (SSSR count). The first-order valence-corrected chi connectivity index (χ1v) is 7.03. The summed E-state index contributed by atoms with van der Waals surface area (Å²) in [6, 6.07) is 0. The molecule has 0 spiro atoms. The van der Waals surface area contributed by atoms with Crippen molar-refractivity contribution in [1.29, 1.82) is 0 Å². The van der Waals surface area contributed by atoms with Crippen LogP contribution in [0.25, 0.3) is 0 Å². The summed E-state index contributed by atoms with van der Waals surface area (Å²) in [7, 11) is 0. The van der Waals surface area contributed by atoms with E-state index < -0.39 is 0 Å². The van der Waals surface area contributed by atoms with E-state index >= 15 is 0 Å². The highest BCUT2D eigenvalue weighted by Gasteiger charge is 2.17. The number of aliphatic hydroxyl groups is 1. The molecule has 0 amide bonds. The summed E-state index contributed by atoms with van der Waals surface area (Å²) in [5.41, 5.74) is 0.254. The summed E-state index contributed by atoms with van der Waals surface area (Å²) in [5.74, 6) is 0. The zero-order valence-electron chi connectivity index (χ0n) is 10.7. The molecule has 0 atom stereocenters. The largest absolute Gasteiger partial charge is 0.396 e. The van der Waals surface area contributed by atoms with Gasteiger partial charge in [-0.2, -0.15) is 0 Å². The van der Waals surface area contributed by atoms with Gasteiger partial charge < -0.3 is 5.11 Å². The molecule has 0 fully saturated rings. The second-order valence-corrected chi connectivity index (χ2v) is 7.13. The number of aromatic nitrogens is 1. The Labute approximate surface area is 112 Å². The van der Waals surface area contributed by atoms with Crippen LogP contribution in [0.15, 0.2) is 6.20 Å². The third kappa shape index (κ3) is 6.36. The predicted octanol–water partition coefficient (Wildman–Crippen LogP) is 3.03. The molecular formula is C12H21ClN2OS. The number of halogens is 1. The van der Waals surface area contributed by atoms with Crippen LogP contribution in [0.4, 0.5) is 0 Å². The summed E-state index contributed by atoms with van der Waals surface area (Å²) in [4.78, 5) is 7.58. The van der Waals surface area contributed by atoms with Gasteiger partial charge >= 0.3 is 0 Å². The number of rotatable bonds is 6. The Balaban J connectivity index is 2.56. The van der Waals surface area contributed by atoms with E-state index in [1.54, 1.807) is 0 Å². The monoisotopic (exact) mass is 276 g/mol. The van der Waals surface area contributed by atoms with Crippen molar-refractivity contribution in [2.24, 2.45) is 5.41 Å². The van der Waals surface area contributed by atoms with Crippen molar-refractivity contribution in [3.05, 3.63) is 15.5 Å². The molecule has 17 heavy (non-hydrogen) atoms. The average Bonchev–Trinajstić information content (AvgIpc) is 2.58. The topological polar surface area (TPSA) is 36.4 Å². The maximum atomic E-state index is 8.93. The van der Waals surface area contributed by atoms with Crippen molar-refractivity contribution in [1.82, 2.24) is 9.88 Å². The van der Waals surface area contributed by atoms with Gasteiger partial charge in [0.25, 0.3) is 0 Å². The average molecular weight is 277 g/mol. The third-order valence-corrected chi connectivity index (χ3v) is 3.33. The molecule has 0 bridgehead atoms. The smallest absolute Gasteiger partial charge is 0.183 e. The first-order chi connectivity index (χ1) is 7.90. The van der Waals surface area contributed by atoms with Crippen LogP contribution in [0, 0.1) is 5.41 Å². The van der Waals surface area contributed by atoms with E-state index in [9.17, 15) is 0 Å². The van der Waals surface area contributed by atoms with E-state index in [0.717, 1.165) is 26.1 Å². The summed E-state index contributed by atoms with van der Waals surface area (Å²) in [5, 5.41) is 8.93. The fraction of sp³-hybridized carbons (Fsp3) is 0.750. The van der Waals surface area contributed by atoms with Crippen molar-refractivity contribution < 1.29 is 5.11 Å². The molecule has 0 aromatic carbocycles. The molecule has 0 unspecified atom stereocenters. The van der Waals surface area contributed by atoms with Crippen molar-refractivity contribution in [2.45, 2.75) is 33.7 Å². The van der Waals surface area contributed by atoms with Crippen LogP contribution in [-0.2, 0) is 6.54 Å². The van der Waals surface area contributed by atoms with Crippen LogP contribution in [0.3, 0.4) is 0 Å². The van der Waals surface area contributed by atoms with E-state index in [-0.39, 0.29) is 12.0 Å². The second-order valence-electron chi connectivity index (χ2n) is 5.43. The van der Waals surface area contributed by atoms with Crippen molar-refractivity contribution >= 4 is 22.9 Å². The third-order valence-electron chi connectivity index (χ3n) is 2.24. The van der Waals surface area contributed by atoms with Gasteiger partial charge in [-0.25, -0.2) is 4.98 Å². The quantitative estimate of drug-likeness (QED) is 0.868. The van der Waals surface area contributed by atoms with Crippen LogP contribution in [-0.4, -0.2) is 34.7 Å².